The van der Waals surface area contributed by atoms with Gasteiger partial charge in [-0.2, -0.15) is 0 Å². The van der Waals surface area contributed by atoms with Gasteiger partial charge in [0, 0.05) is 10.8 Å². The van der Waals surface area contributed by atoms with Crippen LogP contribution >= 0.6 is 0 Å². The Morgan fingerprint density at radius 3 is 2.43 bits per heavy atom. The third-order valence-corrected chi connectivity index (χ3v) is 10.3. The van der Waals surface area contributed by atoms with E-state index in [1.165, 1.54) is 57.8 Å². The van der Waals surface area contributed by atoms with Gasteiger partial charge in [0.1, 0.15) is 0 Å². The van der Waals surface area contributed by atoms with Crippen LogP contribution in [0.4, 0.5) is 0 Å². The highest BCUT2D eigenvalue weighted by molar-refractivity contribution is 5.25. The Morgan fingerprint density at radius 1 is 1.00 bits per heavy atom. The van der Waals surface area contributed by atoms with E-state index in [1.54, 1.807) is 5.57 Å². The van der Waals surface area contributed by atoms with Crippen LogP contribution in [0.25, 0.3) is 0 Å². The molecule has 0 saturated heterocycles. The molecule has 0 aliphatic heterocycles. The first-order valence-corrected chi connectivity index (χ1v) is 12.8. The molecular formula is C27H46N2O. The molecule has 0 aromatic heterocycles. The van der Waals surface area contributed by atoms with Crippen molar-refractivity contribution in [3.05, 3.63) is 11.6 Å². The summed E-state index contributed by atoms with van der Waals surface area (Å²) in [6, 6.07) is 0. The van der Waals surface area contributed by atoms with E-state index in [0.29, 0.717) is 10.8 Å². The summed E-state index contributed by atoms with van der Waals surface area (Å²) in [5.41, 5.74) is 2.60. The lowest BCUT2D eigenvalue weighted by atomic mass is 9.47. The lowest BCUT2D eigenvalue weighted by Gasteiger charge is -2.58. The quantitative estimate of drug-likeness (QED) is 0.376. The smallest absolute Gasteiger partial charge is 0.0577 e. The first kappa shape index (κ1) is 23.8. The van der Waals surface area contributed by atoms with Crippen molar-refractivity contribution in [2.75, 3.05) is 0 Å². The molecule has 0 amide bonds. The lowest BCUT2D eigenvalue weighted by molar-refractivity contribution is -0.0573. The third kappa shape index (κ3) is 4.11. The van der Waals surface area contributed by atoms with Gasteiger partial charge >= 0.3 is 0 Å². The minimum Gasteiger partial charge on any atom is -0.393 e. The molecule has 0 aromatic carbocycles. The fraction of sp³-hybridized carbons (Fsp3) is 0.926. The molecule has 3 fully saturated rings. The molecule has 0 radical (unpaired) electrons. The molecule has 30 heavy (non-hydrogen) atoms. The first-order valence-electron chi connectivity index (χ1n) is 12.8. The standard InChI is InChI=1S/C27H46O.N2/c1-18(2)7-6-8-19(3)23-11-12-24-22-10-9-20-17-21(28)13-15-26(20,4)25(22)14-16-27(23,24)5;1-2/h9,18-19,21-25,28H,6-8,10-17H2,1-5H3;/t19?,21-,22-,23+,24-,25-,26-,27+;/m0./s1. The molecule has 4 aliphatic carbocycles. The summed E-state index contributed by atoms with van der Waals surface area (Å²) in [5.74, 6) is 5.46. The van der Waals surface area contributed by atoms with Crippen molar-refractivity contribution >= 4 is 0 Å². The summed E-state index contributed by atoms with van der Waals surface area (Å²) in [6.07, 6.45) is 17.2. The Balaban J connectivity index is 0.00000124. The number of rotatable bonds is 5. The summed E-state index contributed by atoms with van der Waals surface area (Å²) in [5, 5.41) is 22.2. The minimum atomic E-state index is -0.0766. The normalized spacial score (nSPS) is 43.5. The van der Waals surface area contributed by atoms with E-state index in [2.05, 4.69) is 40.7 Å². The van der Waals surface area contributed by atoms with Crippen LogP contribution in [0, 0.1) is 57.1 Å². The van der Waals surface area contributed by atoms with Crippen LogP contribution in [0.3, 0.4) is 0 Å². The number of allylic oxidation sites excluding steroid dienone is 1. The van der Waals surface area contributed by atoms with Gasteiger partial charge in [0.05, 0.1) is 6.10 Å². The number of aliphatic hydroxyl groups excluding tert-OH is 1. The molecule has 4 rings (SSSR count). The topological polar surface area (TPSA) is 67.8 Å². The number of hydrogen-bond donors (Lipinski definition) is 1. The zero-order valence-electron chi connectivity index (χ0n) is 20.2. The minimum absolute atomic E-state index is 0.0766. The monoisotopic (exact) mass is 414 g/mol. The molecular weight excluding hydrogens is 368 g/mol. The average molecular weight is 415 g/mol. The molecule has 0 heterocycles. The summed E-state index contributed by atoms with van der Waals surface area (Å²) in [7, 11) is 0. The van der Waals surface area contributed by atoms with Gasteiger partial charge in [-0.05, 0) is 97.7 Å². The number of hydrogen-bond acceptors (Lipinski definition) is 3. The molecule has 0 bridgehead atoms. The van der Waals surface area contributed by atoms with Crippen LogP contribution in [0.1, 0.15) is 105 Å². The second-order valence-corrected chi connectivity index (χ2v) is 12.2. The molecule has 1 unspecified atom stereocenters. The van der Waals surface area contributed by atoms with E-state index in [1.807, 2.05) is 0 Å². The van der Waals surface area contributed by atoms with Crippen molar-refractivity contribution in [1.29, 1.82) is 10.8 Å². The van der Waals surface area contributed by atoms with Crippen LogP contribution in [0.5, 0.6) is 0 Å². The molecule has 170 valence electrons. The molecule has 0 spiro atoms. The molecule has 3 nitrogen and oxygen atoms in total. The summed E-state index contributed by atoms with van der Waals surface area (Å²) in [4.78, 5) is 0. The number of fused-ring (bicyclic) bond motifs is 5. The van der Waals surface area contributed by atoms with Crippen molar-refractivity contribution < 1.29 is 5.11 Å². The van der Waals surface area contributed by atoms with Crippen molar-refractivity contribution in [3.63, 3.8) is 0 Å². The fourth-order valence-corrected chi connectivity index (χ4v) is 8.67. The van der Waals surface area contributed by atoms with Gasteiger partial charge in [-0.15, -0.1) is 0 Å². The van der Waals surface area contributed by atoms with Crippen molar-refractivity contribution in [2.24, 2.45) is 46.3 Å². The maximum absolute atomic E-state index is 10.2. The lowest BCUT2D eigenvalue weighted by Crippen LogP contribution is -2.50. The SMILES string of the molecule is CC(C)CCCC(C)[C@H]1CC[C@H]2[C@@H]3CC=C4C[C@@H](O)CC[C@]4(C)[C@H]3CC[C@]12C.N#N. The maximum Gasteiger partial charge on any atom is 0.0577 e. The largest absolute Gasteiger partial charge is 0.393 e. The van der Waals surface area contributed by atoms with Gasteiger partial charge in [-0.25, -0.2) is 0 Å². The van der Waals surface area contributed by atoms with E-state index >= 15 is 0 Å². The molecule has 3 heteroatoms. The van der Waals surface area contributed by atoms with Gasteiger partial charge in [0.2, 0.25) is 0 Å². The van der Waals surface area contributed by atoms with Crippen LogP contribution in [0.15, 0.2) is 11.6 Å². The molecule has 8 atom stereocenters. The van der Waals surface area contributed by atoms with E-state index in [4.69, 9.17) is 10.8 Å². The Labute approximate surface area is 185 Å². The van der Waals surface area contributed by atoms with E-state index in [0.717, 1.165) is 48.3 Å². The zero-order valence-corrected chi connectivity index (χ0v) is 20.2. The number of aliphatic hydroxyl groups is 1. The number of nitrogens with zero attached hydrogens (tertiary/aromatic N) is 2. The third-order valence-electron chi connectivity index (χ3n) is 10.3. The predicted octanol–water partition coefficient (Wildman–Crippen LogP) is 7.42. The summed E-state index contributed by atoms with van der Waals surface area (Å²) < 4.78 is 0. The average Bonchev–Trinajstić information content (AvgIpc) is 3.07. The van der Waals surface area contributed by atoms with E-state index in [-0.39, 0.29) is 6.10 Å². The fourth-order valence-electron chi connectivity index (χ4n) is 8.67. The first-order chi connectivity index (χ1) is 14.3. The van der Waals surface area contributed by atoms with Gasteiger partial charge in [-0.3, -0.25) is 0 Å². The van der Waals surface area contributed by atoms with Crippen LogP contribution in [-0.4, -0.2) is 11.2 Å². The predicted molar refractivity (Wildman–Crippen MR) is 123 cm³/mol. The Hall–Kier alpha value is -0.880. The second-order valence-electron chi connectivity index (χ2n) is 12.2. The van der Waals surface area contributed by atoms with Crippen molar-refractivity contribution in [2.45, 2.75) is 111 Å². The summed E-state index contributed by atoms with van der Waals surface area (Å²) in [6.45, 7) is 12.6. The maximum atomic E-state index is 10.2. The Kier molecular flexibility index (Phi) is 7.38. The molecule has 0 aromatic rings. The highest BCUT2D eigenvalue weighted by Gasteiger charge is 2.59. The molecule has 4 aliphatic rings. The van der Waals surface area contributed by atoms with E-state index < -0.39 is 0 Å². The Bertz CT molecular complexity index is 640. The van der Waals surface area contributed by atoms with Crippen LogP contribution < -0.4 is 0 Å². The molecule has 3 saturated carbocycles. The van der Waals surface area contributed by atoms with Crippen LogP contribution in [0.2, 0.25) is 0 Å². The van der Waals surface area contributed by atoms with Gasteiger partial charge < -0.3 is 5.11 Å². The van der Waals surface area contributed by atoms with Crippen molar-refractivity contribution in [3.8, 4) is 0 Å². The van der Waals surface area contributed by atoms with Crippen LogP contribution in [-0.2, 0) is 0 Å². The second kappa shape index (κ2) is 9.32. The summed E-state index contributed by atoms with van der Waals surface area (Å²) >= 11 is 0. The highest BCUT2D eigenvalue weighted by Crippen LogP contribution is 2.67. The zero-order chi connectivity index (χ0) is 22.1. The Morgan fingerprint density at radius 2 is 1.73 bits per heavy atom. The van der Waals surface area contributed by atoms with Gasteiger partial charge in [0.25, 0.3) is 0 Å². The van der Waals surface area contributed by atoms with Gasteiger partial charge in [-0.1, -0.05) is 65.5 Å². The van der Waals surface area contributed by atoms with Gasteiger partial charge in [0.15, 0.2) is 0 Å². The highest BCUT2D eigenvalue weighted by atomic mass is 16.3. The van der Waals surface area contributed by atoms with Crippen molar-refractivity contribution in [1.82, 2.24) is 0 Å². The molecule has 1 N–H and O–H groups in total. The van der Waals surface area contributed by atoms with E-state index in [9.17, 15) is 5.11 Å².